The Balaban J connectivity index is 2.36. The number of nitrogens with zero attached hydrogens (tertiary/aromatic N) is 1. The van der Waals surface area contributed by atoms with Crippen LogP contribution in [0.3, 0.4) is 0 Å². The van der Waals surface area contributed by atoms with Crippen molar-refractivity contribution in [3.05, 3.63) is 35.9 Å². The number of ketones is 1. The number of carbonyl (C=O) groups excluding carboxylic acids is 1. The standard InChI is InChI=1S/C11H11NO/c12-9-8-11(13)7-6-10-4-2-1-3-5-10/h1-5H,6-8H2. The van der Waals surface area contributed by atoms with Crippen LogP contribution in [0.1, 0.15) is 18.4 Å². The summed E-state index contributed by atoms with van der Waals surface area (Å²) in [6.07, 6.45) is 1.24. The highest BCUT2D eigenvalue weighted by molar-refractivity contribution is 5.80. The van der Waals surface area contributed by atoms with Crippen LogP contribution in [0.25, 0.3) is 0 Å². The lowest BCUT2D eigenvalue weighted by molar-refractivity contribution is -0.118. The minimum Gasteiger partial charge on any atom is -0.299 e. The molecule has 0 aliphatic carbocycles. The first-order valence-electron chi connectivity index (χ1n) is 4.25. The Hall–Kier alpha value is -1.62. The van der Waals surface area contributed by atoms with Crippen LogP contribution in [0.2, 0.25) is 0 Å². The van der Waals surface area contributed by atoms with E-state index in [0.717, 1.165) is 12.0 Å². The third-order valence-corrected chi connectivity index (χ3v) is 1.81. The highest BCUT2D eigenvalue weighted by Gasteiger charge is 2.00. The molecule has 0 N–H and O–H groups in total. The average Bonchev–Trinajstić information content (AvgIpc) is 2.17. The van der Waals surface area contributed by atoms with Crippen LogP contribution in [0.15, 0.2) is 30.3 Å². The molecule has 0 aliphatic rings. The largest absolute Gasteiger partial charge is 0.299 e. The van der Waals surface area contributed by atoms with Crippen LogP contribution >= 0.6 is 0 Å². The fourth-order valence-electron chi connectivity index (χ4n) is 1.10. The van der Waals surface area contributed by atoms with Crippen molar-refractivity contribution >= 4 is 5.78 Å². The molecule has 0 fully saturated rings. The molecule has 2 nitrogen and oxygen atoms in total. The van der Waals surface area contributed by atoms with Crippen molar-refractivity contribution in [3.8, 4) is 6.07 Å². The van der Waals surface area contributed by atoms with E-state index in [4.69, 9.17) is 5.26 Å². The van der Waals surface area contributed by atoms with Gasteiger partial charge in [0.25, 0.3) is 0 Å². The molecular formula is C11H11NO. The Morgan fingerprint density at radius 3 is 2.62 bits per heavy atom. The van der Waals surface area contributed by atoms with E-state index in [1.807, 2.05) is 36.4 Å². The predicted octanol–water partition coefficient (Wildman–Crippen LogP) is 2.10. The Labute approximate surface area is 77.8 Å². The summed E-state index contributed by atoms with van der Waals surface area (Å²) in [5.74, 6) is 0.0198. The summed E-state index contributed by atoms with van der Waals surface area (Å²) in [6, 6.07) is 11.7. The minimum atomic E-state index is 0.0198. The van der Waals surface area contributed by atoms with Gasteiger partial charge in [-0.25, -0.2) is 0 Å². The minimum absolute atomic E-state index is 0.0198. The molecule has 0 saturated heterocycles. The summed E-state index contributed by atoms with van der Waals surface area (Å²) in [5, 5.41) is 8.26. The van der Waals surface area contributed by atoms with Crippen molar-refractivity contribution in [2.45, 2.75) is 19.3 Å². The number of hydrogen-bond donors (Lipinski definition) is 0. The second-order valence-corrected chi connectivity index (χ2v) is 2.86. The number of hydrogen-bond acceptors (Lipinski definition) is 2. The third kappa shape index (κ3) is 3.53. The van der Waals surface area contributed by atoms with Crippen molar-refractivity contribution in [3.63, 3.8) is 0 Å². The lowest BCUT2D eigenvalue weighted by Gasteiger charge is -1.97. The SMILES string of the molecule is N#CCC(=O)CCc1ccccc1. The fourth-order valence-corrected chi connectivity index (χ4v) is 1.10. The predicted molar refractivity (Wildman–Crippen MR) is 50.0 cm³/mol. The van der Waals surface area contributed by atoms with E-state index in [1.165, 1.54) is 0 Å². The molecule has 0 radical (unpaired) electrons. The molecule has 2 heteroatoms. The first-order chi connectivity index (χ1) is 6.33. The lowest BCUT2D eigenvalue weighted by Crippen LogP contribution is -1.98. The topological polar surface area (TPSA) is 40.9 Å². The Morgan fingerprint density at radius 1 is 1.31 bits per heavy atom. The van der Waals surface area contributed by atoms with Gasteiger partial charge in [0.1, 0.15) is 5.78 Å². The summed E-state index contributed by atoms with van der Waals surface area (Å²) in [5.41, 5.74) is 1.15. The average molecular weight is 173 g/mol. The van der Waals surface area contributed by atoms with Crippen LogP contribution in [0, 0.1) is 11.3 Å². The summed E-state index contributed by atoms with van der Waals surface area (Å²) in [7, 11) is 0. The van der Waals surface area contributed by atoms with Crippen LogP contribution in [-0.4, -0.2) is 5.78 Å². The molecule has 66 valence electrons. The van der Waals surface area contributed by atoms with E-state index in [1.54, 1.807) is 0 Å². The van der Waals surface area contributed by atoms with Gasteiger partial charge in [0.05, 0.1) is 12.5 Å². The summed E-state index contributed by atoms with van der Waals surface area (Å²) in [6.45, 7) is 0. The van der Waals surface area contributed by atoms with Crippen LogP contribution in [0.4, 0.5) is 0 Å². The fraction of sp³-hybridized carbons (Fsp3) is 0.273. The maximum absolute atomic E-state index is 11.0. The first kappa shape index (κ1) is 9.47. The molecule has 13 heavy (non-hydrogen) atoms. The molecule has 0 aromatic heterocycles. The van der Waals surface area contributed by atoms with Gasteiger partial charge in [-0.3, -0.25) is 4.79 Å². The number of nitriles is 1. The van der Waals surface area contributed by atoms with Gasteiger partial charge in [-0.05, 0) is 12.0 Å². The normalized spacial score (nSPS) is 9.15. The smallest absolute Gasteiger partial charge is 0.147 e. The molecule has 1 aromatic rings. The summed E-state index contributed by atoms with van der Waals surface area (Å²) < 4.78 is 0. The molecule has 0 saturated carbocycles. The van der Waals surface area contributed by atoms with Gasteiger partial charge in [0, 0.05) is 6.42 Å². The van der Waals surface area contributed by atoms with Gasteiger partial charge in [0.15, 0.2) is 0 Å². The zero-order valence-corrected chi connectivity index (χ0v) is 7.36. The van der Waals surface area contributed by atoms with Gasteiger partial charge < -0.3 is 0 Å². The maximum Gasteiger partial charge on any atom is 0.147 e. The van der Waals surface area contributed by atoms with Crippen molar-refractivity contribution in [2.75, 3.05) is 0 Å². The summed E-state index contributed by atoms with van der Waals surface area (Å²) in [4.78, 5) is 11.0. The van der Waals surface area contributed by atoms with Gasteiger partial charge >= 0.3 is 0 Å². The Kier molecular flexibility index (Phi) is 3.72. The number of carbonyl (C=O) groups is 1. The molecule has 1 rings (SSSR count). The monoisotopic (exact) mass is 173 g/mol. The van der Waals surface area contributed by atoms with E-state index in [0.29, 0.717) is 6.42 Å². The molecule has 0 bridgehead atoms. The van der Waals surface area contributed by atoms with Crippen molar-refractivity contribution in [2.24, 2.45) is 0 Å². The first-order valence-corrected chi connectivity index (χ1v) is 4.25. The second-order valence-electron chi connectivity index (χ2n) is 2.86. The lowest BCUT2D eigenvalue weighted by atomic mass is 10.1. The van der Waals surface area contributed by atoms with Gasteiger partial charge in [-0.1, -0.05) is 30.3 Å². The molecule has 0 atom stereocenters. The van der Waals surface area contributed by atoms with Crippen LogP contribution in [0.5, 0.6) is 0 Å². The van der Waals surface area contributed by atoms with Gasteiger partial charge in [0.2, 0.25) is 0 Å². The van der Waals surface area contributed by atoms with Crippen molar-refractivity contribution < 1.29 is 4.79 Å². The van der Waals surface area contributed by atoms with Gasteiger partial charge in [-0.15, -0.1) is 0 Å². The number of Topliss-reactive ketones (excluding diaryl/α,β-unsaturated/α-hetero) is 1. The Bertz CT molecular complexity index is 311. The number of rotatable bonds is 4. The number of benzene rings is 1. The highest BCUT2D eigenvalue weighted by atomic mass is 16.1. The van der Waals surface area contributed by atoms with Crippen molar-refractivity contribution in [1.29, 1.82) is 5.26 Å². The summed E-state index contributed by atoms with van der Waals surface area (Å²) >= 11 is 0. The van der Waals surface area contributed by atoms with E-state index in [-0.39, 0.29) is 12.2 Å². The second kappa shape index (κ2) is 5.10. The van der Waals surface area contributed by atoms with Gasteiger partial charge in [-0.2, -0.15) is 5.26 Å². The van der Waals surface area contributed by atoms with Crippen molar-refractivity contribution in [1.82, 2.24) is 0 Å². The van der Waals surface area contributed by atoms with E-state index < -0.39 is 0 Å². The molecular weight excluding hydrogens is 162 g/mol. The van der Waals surface area contributed by atoms with Crippen LogP contribution in [-0.2, 0) is 11.2 Å². The zero-order valence-electron chi connectivity index (χ0n) is 7.36. The molecule has 0 spiro atoms. The Morgan fingerprint density at radius 2 is 2.00 bits per heavy atom. The van der Waals surface area contributed by atoms with Crippen LogP contribution < -0.4 is 0 Å². The molecule has 0 unspecified atom stereocenters. The number of aryl methyl sites for hydroxylation is 1. The quantitative estimate of drug-likeness (QED) is 0.699. The van der Waals surface area contributed by atoms with E-state index in [2.05, 4.69) is 0 Å². The molecule has 0 aliphatic heterocycles. The molecule has 1 aromatic carbocycles. The van der Waals surface area contributed by atoms with E-state index >= 15 is 0 Å². The zero-order chi connectivity index (χ0) is 9.52. The van der Waals surface area contributed by atoms with E-state index in [9.17, 15) is 4.79 Å². The maximum atomic E-state index is 11.0. The highest BCUT2D eigenvalue weighted by Crippen LogP contribution is 2.03. The molecule has 0 amide bonds. The third-order valence-electron chi connectivity index (χ3n) is 1.81. The molecule has 0 heterocycles.